The number of nitrogens with zero attached hydrogens (tertiary/aromatic N) is 3. The lowest BCUT2D eigenvalue weighted by Gasteiger charge is -2.45. The van der Waals surface area contributed by atoms with Crippen LogP contribution in [-0.4, -0.2) is 80.2 Å². The molecule has 1 aromatic carbocycles. The summed E-state index contributed by atoms with van der Waals surface area (Å²) in [4.78, 5) is 11.2. The zero-order valence-corrected chi connectivity index (χ0v) is 20.2. The van der Waals surface area contributed by atoms with Gasteiger partial charge < -0.3 is 19.0 Å². The van der Waals surface area contributed by atoms with Crippen LogP contribution in [0.4, 0.5) is 0 Å². The molecule has 0 aromatic heterocycles. The van der Waals surface area contributed by atoms with Gasteiger partial charge >= 0.3 is 0 Å². The van der Waals surface area contributed by atoms with Gasteiger partial charge in [-0.1, -0.05) is 35.5 Å². The summed E-state index contributed by atoms with van der Waals surface area (Å²) < 4.78 is 17.0. The van der Waals surface area contributed by atoms with Gasteiger partial charge in [0.1, 0.15) is 18.1 Å². The maximum atomic E-state index is 6.11. The Kier molecular flexibility index (Phi) is 5.41. The molecule has 0 saturated carbocycles. The third kappa shape index (κ3) is 3.45. The SMILES string of the molecule is COc1cc2c(cc1OC)C1=NOC(CN3CCC(N4CC=C5C=CC=CC54C)CC3)C1CO2. The highest BCUT2D eigenvalue weighted by atomic mass is 16.6. The zero-order chi connectivity index (χ0) is 23.3. The number of allylic oxidation sites excluding steroid dienone is 2. The van der Waals surface area contributed by atoms with E-state index in [4.69, 9.17) is 19.0 Å². The van der Waals surface area contributed by atoms with Crippen molar-refractivity contribution in [2.75, 3.05) is 47.0 Å². The summed E-state index contributed by atoms with van der Waals surface area (Å²) in [6.45, 7) is 7.01. The lowest BCUT2D eigenvalue weighted by Crippen LogP contribution is -2.53. The van der Waals surface area contributed by atoms with E-state index in [0.717, 1.165) is 43.2 Å². The fraction of sp³-hybridized carbons (Fsp3) is 0.519. The van der Waals surface area contributed by atoms with E-state index in [1.807, 2.05) is 12.1 Å². The summed E-state index contributed by atoms with van der Waals surface area (Å²) >= 11 is 0. The van der Waals surface area contributed by atoms with Crippen molar-refractivity contribution in [2.45, 2.75) is 37.5 Å². The fourth-order valence-corrected chi connectivity index (χ4v) is 6.18. The quantitative estimate of drug-likeness (QED) is 0.667. The van der Waals surface area contributed by atoms with Crippen LogP contribution < -0.4 is 14.2 Å². The molecule has 5 aliphatic rings. The minimum absolute atomic E-state index is 0.0109. The molecule has 6 rings (SSSR count). The highest BCUT2D eigenvalue weighted by Crippen LogP contribution is 2.42. The number of oxime groups is 1. The molecule has 0 bridgehead atoms. The maximum Gasteiger partial charge on any atom is 0.164 e. The topological polar surface area (TPSA) is 55.8 Å². The van der Waals surface area contributed by atoms with E-state index < -0.39 is 0 Å². The number of hydrogen-bond acceptors (Lipinski definition) is 7. The number of piperidine rings is 1. The lowest BCUT2D eigenvalue weighted by atomic mass is 9.86. The Morgan fingerprint density at radius 1 is 1.12 bits per heavy atom. The Balaban J connectivity index is 1.08. The first kappa shape index (κ1) is 21.7. The van der Waals surface area contributed by atoms with Gasteiger partial charge in [-0.3, -0.25) is 9.80 Å². The molecule has 4 aliphatic heterocycles. The predicted octanol–water partition coefficient (Wildman–Crippen LogP) is 3.41. The molecule has 1 aromatic rings. The molecule has 180 valence electrons. The second-order valence-corrected chi connectivity index (χ2v) is 9.95. The Morgan fingerprint density at radius 3 is 2.71 bits per heavy atom. The summed E-state index contributed by atoms with van der Waals surface area (Å²) in [7, 11) is 3.28. The highest BCUT2D eigenvalue weighted by Gasteiger charge is 2.44. The van der Waals surface area contributed by atoms with Crippen LogP contribution in [0.15, 0.2) is 53.2 Å². The van der Waals surface area contributed by atoms with Crippen molar-refractivity contribution in [1.82, 2.24) is 9.80 Å². The van der Waals surface area contributed by atoms with E-state index in [0.29, 0.717) is 24.1 Å². The molecular formula is C27H33N3O4. The molecule has 7 nitrogen and oxygen atoms in total. The van der Waals surface area contributed by atoms with E-state index in [1.54, 1.807) is 14.2 Å². The van der Waals surface area contributed by atoms with E-state index in [2.05, 4.69) is 52.3 Å². The van der Waals surface area contributed by atoms with E-state index in [1.165, 1.54) is 18.4 Å². The number of benzene rings is 1. The molecule has 7 heteroatoms. The van der Waals surface area contributed by atoms with Crippen molar-refractivity contribution >= 4 is 5.71 Å². The Labute approximate surface area is 201 Å². The second-order valence-electron chi connectivity index (χ2n) is 9.95. The normalized spacial score (nSPS) is 30.6. The van der Waals surface area contributed by atoms with Crippen LogP contribution in [0.3, 0.4) is 0 Å². The first-order valence-electron chi connectivity index (χ1n) is 12.3. The molecule has 1 aliphatic carbocycles. The zero-order valence-electron chi connectivity index (χ0n) is 20.2. The van der Waals surface area contributed by atoms with Gasteiger partial charge in [-0.15, -0.1) is 0 Å². The Morgan fingerprint density at radius 2 is 1.91 bits per heavy atom. The minimum atomic E-state index is 0.0109. The third-order valence-electron chi connectivity index (χ3n) is 8.20. The summed E-state index contributed by atoms with van der Waals surface area (Å²) in [5.41, 5.74) is 3.39. The van der Waals surface area contributed by atoms with Crippen LogP contribution in [0.25, 0.3) is 0 Å². The first-order chi connectivity index (χ1) is 16.6. The smallest absolute Gasteiger partial charge is 0.164 e. The molecule has 34 heavy (non-hydrogen) atoms. The number of rotatable bonds is 5. The lowest BCUT2D eigenvalue weighted by molar-refractivity contribution is 0.00623. The van der Waals surface area contributed by atoms with Crippen molar-refractivity contribution in [2.24, 2.45) is 11.1 Å². The van der Waals surface area contributed by atoms with Crippen LogP contribution in [0, 0.1) is 5.92 Å². The molecule has 4 heterocycles. The maximum absolute atomic E-state index is 6.11. The summed E-state index contributed by atoms with van der Waals surface area (Å²) in [6, 6.07) is 4.43. The van der Waals surface area contributed by atoms with Gasteiger partial charge in [-0.25, -0.2) is 0 Å². The standard InChI is InChI=1S/C27H33N3O4/c1-27-10-5-4-6-18(27)7-13-30(27)19-8-11-29(12-9-19)16-25-21-17-33-22-15-24(32-3)23(31-2)14-20(22)26(21)28-34-25/h4-7,10,14-15,19,21,25H,8-9,11-13,16-17H2,1-3H3. The monoisotopic (exact) mass is 463 g/mol. The van der Waals surface area contributed by atoms with Crippen molar-refractivity contribution < 1.29 is 19.0 Å². The van der Waals surface area contributed by atoms with Crippen molar-refractivity contribution in [3.8, 4) is 17.2 Å². The molecule has 0 amide bonds. The Bertz CT molecular complexity index is 1090. The van der Waals surface area contributed by atoms with Gasteiger partial charge in [-0.2, -0.15) is 0 Å². The van der Waals surface area contributed by atoms with Crippen LogP contribution in [0.5, 0.6) is 17.2 Å². The predicted molar refractivity (Wildman–Crippen MR) is 131 cm³/mol. The molecule has 1 fully saturated rings. The van der Waals surface area contributed by atoms with E-state index in [-0.39, 0.29) is 17.6 Å². The largest absolute Gasteiger partial charge is 0.493 e. The molecule has 3 atom stereocenters. The summed E-state index contributed by atoms with van der Waals surface area (Å²) in [5.74, 6) is 2.24. The average Bonchev–Trinajstić information content (AvgIpc) is 3.44. The van der Waals surface area contributed by atoms with Crippen LogP contribution in [0.1, 0.15) is 25.3 Å². The molecule has 0 spiro atoms. The molecule has 3 unspecified atom stereocenters. The summed E-state index contributed by atoms with van der Waals surface area (Å²) in [5, 5.41) is 4.49. The fourth-order valence-electron chi connectivity index (χ4n) is 6.18. The van der Waals surface area contributed by atoms with Gasteiger partial charge in [0.05, 0.1) is 25.7 Å². The van der Waals surface area contributed by atoms with Gasteiger partial charge in [-0.05, 0) is 44.5 Å². The van der Waals surface area contributed by atoms with Crippen molar-refractivity contribution in [3.05, 3.63) is 53.6 Å². The number of hydrogen-bond donors (Lipinski definition) is 0. The number of likely N-dealkylation sites (tertiary alicyclic amines) is 1. The van der Waals surface area contributed by atoms with Gasteiger partial charge in [0.2, 0.25) is 0 Å². The first-order valence-corrected chi connectivity index (χ1v) is 12.3. The van der Waals surface area contributed by atoms with Gasteiger partial charge in [0.25, 0.3) is 0 Å². The van der Waals surface area contributed by atoms with Crippen LogP contribution >= 0.6 is 0 Å². The van der Waals surface area contributed by atoms with Crippen molar-refractivity contribution in [1.29, 1.82) is 0 Å². The third-order valence-corrected chi connectivity index (χ3v) is 8.20. The summed E-state index contributed by atoms with van der Waals surface area (Å²) in [6.07, 6.45) is 13.7. The molecule has 0 N–H and O–H groups in total. The minimum Gasteiger partial charge on any atom is -0.493 e. The number of ether oxygens (including phenoxy) is 3. The number of methoxy groups -OCH3 is 2. The van der Waals surface area contributed by atoms with E-state index in [9.17, 15) is 0 Å². The van der Waals surface area contributed by atoms with Crippen LogP contribution in [-0.2, 0) is 4.84 Å². The Hall–Kier alpha value is -2.77. The highest BCUT2D eigenvalue weighted by molar-refractivity contribution is 6.06. The van der Waals surface area contributed by atoms with Gasteiger partial charge in [0.15, 0.2) is 17.6 Å². The molecular weight excluding hydrogens is 430 g/mol. The molecule has 0 radical (unpaired) electrons. The van der Waals surface area contributed by atoms with E-state index >= 15 is 0 Å². The van der Waals surface area contributed by atoms with Crippen LogP contribution in [0.2, 0.25) is 0 Å². The number of fused-ring (bicyclic) bond motifs is 4. The average molecular weight is 464 g/mol. The molecule has 1 saturated heterocycles. The van der Waals surface area contributed by atoms with Gasteiger partial charge in [0, 0.05) is 30.8 Å². The van der Waals surface area contributed by atoms with Crippen molar-refractivity contribution in [3.63, 3.8) is 0 Å². The second kappa shape index (κ2) is 8.47.